The number of carboxylic acid groups (broad SMARTS) is 1. The summed E-state index contributed by atoms with van der Waals surface area (Å²) in [6.07, 6.45) is 3.50. The zero-order valence-corrected chi connectivity index (χ0v) is 29.4. The summed E-state index contributed by atoms with van der Waals surface area (Å²) in [6.45, 7) is 11.9. The molecule has 6 atom stereocenters. The molecule has 6 unspecified atom stereocenters. The summed E-state index contributed by atoms with van der Waals surface area (Å²) in [5.41, 5.74) is 6.65. The molecule has 3 aromatic carbocycles. The Bertz CT molecular complexity index is 1600. The third kappa shape index (κ3) is 8.43. The Morgan fingerprint density at radius 3 is 2.35 bits per heavy atom. The van der Waals surface area contributed by atoms with Crippen molar-refractivity contribution in [1.82, 2.24) is 10.2 Å². The lowest BCUT2D eigenvalue weighted by molar-refractivity contribution is -0.276. The number of fused-ring (bicyclic) bond motifs is 2. The summed E-state index contributed by atoms with van der Waals surface area (Å²) in [6, 6.07) is 25.0. The highest BCUT2D eigenvalue weighted by Crippen LogP contribution is 2.53. The van der Waals surface area contributed by atoms with Crippen LogP contribution in [0.3, 0.4) is 0 Å². The van der Waals surface area contributed by atoms with E-state index in [2.05, 4.69) is 74.3 Å². The lowest BCUT2D eigenvalue weighted by Crippen LogP contribution is -2.46. The van der Waals surface area contributed by atoms with Crippen LogP contribution in [0.4, 0.5) is 0 Å². The van der Waals surface area contributed by atoms with Crippen LogP contribution in [0.15, 0.2) is 72.8 Å². The molecule has 262 valence electrons. The Balaban J connectivity index is 1.20. The number of nitrogens with one attached hydrogen (secondary N) is 1. The second kappa shape index (κ2) is 14.7. The van der Waals surface area contributed by atoms with Crippen molar-refractivity contribution in [3.05, 3.63) is 95.1 Å². The minimum Gasteiger partial charge on any atom is -0.481 e. The molecule has 1 saturated carbocycles. The molecule has 8 nitrogen and oxygen atoms in total. The average molecular weight is 669 g/mol. The van der Waals surface area contributed by atoms with Gasteiger partial charge in [0.1, 0.15) is 0 Å². The van der Waals surface area contributed by atoms with E-state index in [1.165, 1.54) is 19.3 Å². The van der Waals surface area contributed by atoms with Gasteiger partial charge in [-0.15, -0.1) is 0 Å². The molecular formula is C41H52N2O6. The maximum Gasteiger partial charge on any atom is 0.303 e. The SMILES string of the molecule is CC1C(CN2CC3(C)CC2CC(C)(C)C3)OC(c2ccc(-c3ccccc3CNC(=O)CCCC(=O)O)cc2)OC1c1ccc(CO)cc1. The molecule has 1 aliphatic carbocycles. The molecule has 1 amide bonds. The maximum absolute atomic E-state index is 12.3. The van der Waals surface area contributed by atoms with Gasteiger partial charge in [-0.05, 0) is 64.3 Å². The molecule has 0 aromatic heterocycles. The number of carbonyl (C=O) groups is 2. The van der Waals surface area contributed by atoms with Gasteiger partial charge in [0.05, 0.1) is 18.8 Å². The molecule has 3 fully saturated rings. The van der Waals surface area contributed by atoms with Crippen molar-refractivity contribution in [2.45, 2.75) is 104 Å². The summed E-state index contributed by atoms with van der Waals surface area (Å²) in [5.74, 6) is -0.921. The minimum atomic E-state index is -0.893. The van der Waals surface area contributed by atoms with Crippen molar-refractivity contribution in [2.75, 3.05) is 13.1 Å². The average Bonchev–Trinajstić information content (AvgIpc) is 3.31. The van der Waals surface area contributed by atoms with Crippen molar-refractivity contribution in [3.8, 4) is 11.1 Å². The van der Waals surface area contributed by atoms with Gasteiger partial charge < -0.3 is 25.0 Å². The van der Waals surface area contributed by atoms with E-state index in [4.69, 9.17) is 14.6 Å². The topological polar surface area (TPSA) is 108 Å². The van der Waals surface area contributed by atoms with Crippen molar-refractivity contribution < 1.29 is 29.3 Å². The summed E-state index contributed by atoms with van der Waals surface area (Å²) in [4.78, 5) is 25.8. The number of benzene rings is 3. The molecule has 2 heterocycles. The second-order valence-corrected chi connectivity index (χ2v) is 15.8. The molecule has 2 aliphatic heterocycles. The number of hydrogen-bond acceptors (Lipinski definition) is 6. The Morgan fingerprint density at radius 2 is 1.63 bits per heavy atom. The fourth-order valence-corrected chi connectivity index (χ4v) is 8.81. The van der Waals surface area contributed by atoms with E-state index in [0.717, 1.165) is 46.5 Å². The highest BCUT2D eigenvalue weighted by atomic mass is 16.7. The zero-order valence-electron chi connectivity index (χ0n) is 29.4. The number of aliphatic hydroxyl groups excluding tert-OH is 1. The number of amides is 1. The summed E-state index contributed by atoms with van der Waals surface area (Å²) in [5, 5.41) is 21.4. The molecule has 2 saturated heterocycles. The van der Waals surface area contributed by atoms with Gasteiger partial charge in [-0.3, -0.25) is 14.5 Å². The summed E-state index contributed by atoms with van der Waals surface area (Å²) in [7, 11) is 0. The zero-order chi connectivity index (χ0) is 34.8. The smallest absolute Gasteiger partial charge is 0.303 e. The van der Waals surface area contributed by atoms with Crippen LogP contribution in [0.1, 0.15) is 101 Å². The molecule has 0 spiro atoms. The number of nitrogens with zero attached hydrogens (tertiary/aromatic N) is 1. The van der Waals surface area contributed by atoms with E-state index < -0.39 is 12.3 Å². The lowest BCUT2D eigenvalue weighted by Gasteiger charge is -2.43. The molecule has 6 rings (SSSR count). The number of carboxylic acids is 1. The van der Waals surface area contributed by atoms with Gasteiger partial charge in [0.25, 0.3) is 0 Å². The number of aliphatic carboxylic acids is 1. The molecule has 3 aromatic rings. The minimum absolute atomic E-state index is 0.00974. The number of rotatable bonds is 12. The molecular weight excluding hydrogens is 616 g/mol. The Hall–Kier alpha value is -3.56. The van der Waals surface area contributed by atoms with Crippen molar-refractivity contribution in [2.24, 2.45) is 16.7 Å². The van der Waals surface area contributed by atoms with Crippen LogP contribution in [0.5, 0.6) is 0 Å². The van der Waals surface area contributed by atoms with E-state index in [9.17, 15) is 14.7 Å². The monoisotopic (exact) mass is 668 g/mol. The molecule has 3 N–H and O–H groups in total. The number of hydrogen-bond donors (Lipinski definition) is 3. The van der Waals surface area contributed by atoms with E-state index in [1.54, 1.807) is 0 Å². The Labute approximate surface area is 290 Å². The largest absolute Gasteiger partial charge is 0.481 e. The van der Waals surface area contributed by atoms with Gasteiger partial charge in [-0.1, -0.05) is 100 Å². The number of aliphatic hydroxyl groups is 1. The third-order valence-electron chi connectivity index (χ3n) is 10.8. The first-order chi connectivity index (χ1) is 23.4. The van der Waals surface area contributed by atoms with Crippen molar-refractivity contribution in [3.63, 3.8) is 0 Å². The van der Waals surface area contributed by atoms with Crippen LogP contribution in [0.2, 0.25) is 0 Å². The second-order valence-electron chi connectivity index (χ2n) is 15.8. The van der Waals surface area contributed by atoms with Crippen molar-refractivity contribution in [1.29, 1.82) is 0 Å². The molecule has 2 bridgehead atoms. The number of likely N-dealkylation sites (tertiary alicyclic amines) is 1. The quantitative estimate of drug-likeness (QED) is 0.185. The summed E-state index contributed by atoms with van der Waals surface area (Å²) >= 11 is 0. The Kier molecular flexibility index (Phi) is 10.6. The van der Waals surface area contributed by atoms with Gasteiger partial charge in [0.2, 0.25) is 5.91 Å². The number of ether oxygens (including phenoxy) is 2. The highest BCUT2D eigenvalue weighted by Gasteiger charge is 2.51. The molecule has 3 aliphatic rings. The van der Waals surface area contributed by atoms with E-state index in [-0.39, 0.29) is 43.5 Å². The van der Waals surface area contributed by atoms with E-state index in [0.29, 0.717) is 29.8 Å². The van der Waals surface area contributed by atoms with Crippen LogP contribution in [-0.4, -0.2) is 52.2 Å². The predicted octanol–water partition coefficient (Wildman–Crippen LogP) is 7.41. The number of carbonyl (C=O) groups excluding carboxylic acids is 1. The van der Waals surface area contributed by atoms with Crippen molar-refractivity contribution >= 4 is 11.9 Å². The normalized spacial score (nSPS) is 27.9. The first-order valence-corrected chi connectivity index (χ1v) is 17.8. The molecule has 0 radical (unpaired) electrons. The van der Waals surface area contributed by atoms with Gasteiger partial charge >= 0.3 is 5.97 Å². The van der Waals surface area contributed by atoms with Gasteiger partial charge in [0.15, 0.2) is 6.29 Å². The van der Waals surface area contributed by atoms with Crippen LogP contribution in [-0.2, 0) is 32.2 Å². The fourth-order valence-electron chi connectivity index (χ4n) is 8.81. The van der Waals surface area contributed by atoms with Crippen LogP contribution in [0, 0.1) is 16.7 Å². The fraction of sp³-hybridized carbons (Fsp3) is 0.512. The van der Waals surface area contributed by atoms with Crippen LogP contribution >= 0.6 is 0 Å². The van der Waals surface area contributed by atoms with Gasteiger partial charge in [0, 0.05) is 50.0 Å². The Morgan fingerprint density at radius 1 is 0.918 bits per heavy atom. The summed E-state index contributed by atoms with van der Waals surface area (Å²) < 4.78 is 13.6. The molecule has 8 heteroatoms. The van der Waals surface area contributed by atoms with Crippen LogP contribution in [0.25, 0.3) is 11.1 Å². The van der Waals surface area contributed by atoms with Gasteiger partial charge in [-0.2, -0.15) is 0 Å². The highest BCUT2D eigenvalue weighted by molar-refractivity contribution is 5.77. The van der Waals surface area contributed by atoms with Gasteiger partial charge in [-0.25, -0.2) is 0 Å². The maximum atomic E-state index is 12.3. The predicted molar refractivity (Wildman–Crippen MR) is 189 cm³/mol. The van der Waals surface area contributed by atoms with Crippen LogP contribution < -0.4 is 5.32 Å². The van der Waals surface area contributed by atoms with E-state index in [1.807, 2.05) is 36.4 Å². The standard InChI is InChI=1S/C41H52N2O6/c1-27-35(23-43-26-41(4)21-33(43)20-40(2,3)25-41)48-39(49-38(27)30-14-12-28(24-44)13-15-30)31-18-16-29(17-19-31)34-9-6-5-8-32(34)22-42-36(45)10-7-11-37(46)47/h5-6,8-9,12-19,27,33,35,38-39,44H,7,10-11,20-26H2,1-4H3,(H,42,45)(H,46,47). The molecule has 49 heavy (non-hydrogen) atoms. The lowest BCUT2D eigenvalue weighted by atomic mass is 9.65. The van der Waals surface area contributed by atoms with E-state index >= 15 is 0 Å². The first kappa shape index (κ1) is 35.3. The third-order valence-corrected chi connectivity index (χ3v) is 10.8. The first-order valence-electron chi connectivity index (χ1n) is 17.8.